The van der Waals surface area contributed by atoms with Crippen molar-refractivity contribution in [3.63, 3.8) is 0 Å². The van der Waals surface area contributed by atoms with E-state index in [1.54, 1.807) is 11.3 Å². The molecular weight excluding hydrogens is 644 g/mol. The van der Waals surface area contributed by atoms with Crippen LogP contribution in [0.1, 0.15) is 90.6 Å². The largest absolute Gasteiger partial charge is 0.494 e. The van der Waals surface area contributed by atoms with Gasteiger partial charge in [-0.25, -0.2) is 0 Å². The van der Waals surface area contributed by atoms with Gasteiger partial charge in [-0.3, -0.25) is 9.69 Å². The third-order valence-corrected chi connectivity index (χ3v) is 12.6. The lowest BCUT2D eigenvalue weighted by molar-refractivity contribution is 0.00578. The van der Waals surface area contributed by atoms with E-state index in [0.29, 0.717) is 17.7 Å². The van der Waals surface area contributed by atoms with Gasteiger partial charge in [0.05, 0.1) is 22.4 Å². The van der Waals surface area contributed by atoms with E-state index in [9.17, 15) is 4.79 Å². The van der Waals surface area contributed by atoms with E-state index < -0.39 is 36.6 Å². The summed E-state index contributed by atoms with van der Waals surface area (Å²) in [6.07, 6.45) is 3.85. The Morgan fingerprint density at radius 2 is 1.26 bits per heavy atom. The van der Waals surface area contributed by atoms with Crippen LogP contribution in [0.4, 0.5) is 0 Å². The first-order chi connectivity index (χ1) is 23.6. The Morgan fingerprint density at radius 1 is 0.720 bits per heavy atom. The van der Waals surface area contributed by atoms with Crippen molar-refractivity contribution in [3.8, 4) is 16.2 Å². The van der Waals surface area contributed by atoms with Crippen LogP contribution in [0, 0.1) is 0 Å². The number of carbonyl (C=O) groups excluding carboxylic acids is 1. The first-order valence-electron chi connectivity index (χ1n) is 18.0. The molecule has 7 rings (SSSR count). The minimum atomic E-state index is -0.490. The first-order valence-corrected chi connectivity index (χ1v) is 18.8. The number of hydrogen-bond donors (Lipinski definition) is 0. The van der Waals surface area contributed by atoms with Crippen LogP contribution in [-0.4, -0.2) is 73.6 Å². The Kier molecular flexibility index (Phi) is 9.36. The first kappa shape index (κ1) is 35.4. The minimum absolute atomic E-state index is 0.0236. The number of nitrogens with zero attached hydrogens (tertiary/aromatic N) is 1. The molecule has 262 valence electrons. The van der Waals surface area contributed by atoms with E-state index >= 15 is 0 Å². The normalized spacial score (nSPS) is 21.2. The maximum atomic E-state index is 14.4. The molecule has 0 unspecified atom stereocenters. The molecule has 0 N–H and O–H groups in total. The van der Waals surface area contributed by atoms with E-state index in [-0.39, 0.29) is 5.78 Å². The molecule has 3 aromatic carbocycles. The molecule has 7 nitrogen and oxygen atoms in total. The van der Waals surface area contributed by atoms with Crippen LogP contribution < -0.4 is 15.7 Å². The van der Waals surface area contributed by atoms with Crippen molar-refractivity contribution in [2.75, 3.05) is 26.2 Å². The molecule has 4 heterocycles. The van der Waals surface area contributed by atoms with Crippen molar-refractivity contribution < 1.29 is 28.1 Å². The fourth-order valence-corrected chi connectivity index (χ4v) is 8.01. The maximum absolute atomic E-state index is 14.4. The molecule has 4 aromatic rings. The van der Waals surface area contributed by atoms with Crippen molar-refractivity contribution in [2.45, 2.75) is 97.1 Å². The minimum Gasteiger partial charge on any atom is -0.492 e. The maximum Gasteiger partial charge on any atom is 0.494 e. The second kappa shape index (κ2) is 13.2. The Morgan fingerprint density at radius 3 is 1.84 bits per heavy atom. The lowest BCUT2D eigenvalue weighted by atomic mass is 9.78. The van der Waals surface area contributed by atoms with Gasteiger partial charge in [0.15, 0.2) is 5.78 Å². The zero-order chi connectivity index (χ0) is 35.5. The van der Waals surface area contributed by atoms with Crippen molar-refractivity contribution in [1.82, 2.24) is 4.90 Å². The molecule has 10 heteroatoms. The van der Waals surface area contributed by atoms with Crippen molar-refractivity contribution in [2.24, 2.45) is 0 Å². The van der Waals surface area contributed by atoms with Crippen LogP contribution in [0.25, 0.3) is 20.5 Å². The highest BCUT2D eigenvalue weighted by atomic mass is 32.1. The summed E-state index contributed by atoms with van der Waals surface area (Å²) in [6, 6.07) is 22.0. The van der Waals surface area contributed by atoms with Crippen LogP contribution in [0.15, 0.2) is 66.7 Å². The lowest BCUT2D eigenvalue weighted by Crippen LogP contribution is -2.41. The van der Waals surface area contributed by atoms with Gasteiger partial charge in [-0.05, 0) is 128 Å². The van der Waals surface area contributed by atoms with Crippen LogP contribution >= 0.6 is 11.3 Å². The summed E-state index contributed by atoms with van der Waals surface area (Å²) in [6.45, 7) is 20.3. The van der Waals surface area contributed by atoms with Gasteiger partial charge in [-0.1, -0.05) is 42.8 Å². The molecule has 0 amide bonds. The average Bonchev–Trinajstić information content (AvgIpc) is 3.65. The summed E-state index contributed by atoms with van der Waals surface area (Å²) >= 11 is 1.61. The quantitative estimate of drug-likeness (QED) is 0.135. The molecule has 0 aliphatic carbocycles. The molecule has 1 aromatic heterocycles. The SMILES string of the molecule is CC1(C)OB(c2ccc(-c3sc4cc(B5OC(C)(C)C(C)(C)O5)ccc4c3C(=O)c3ccc(OCCN4CCCCC4)cc3)cc2)OC1(C)C. The summed E-state index contributed by atoms with van der Waals surface area (Å²) < 4.78 is 32.5. The van der Waals surface area contributed by atoms with E-state index in [1.807, 2.05) is 48.5 Å². The average molecular weight is 694 g/mol. The van der Waals surface area contributed by atoms with Gasteiger partial charge in [-0.2, -0.15) is 0 Å². The highest BCUT2D eigenvalue weighted by Crippen LogP contribution is 2.42. The van der Waals surface area contributed by atoms with Gasteiger partial charge in [0, 0.05) is 32.6 Å². The van der Waals surface area contributed by atoms with Crippen LogP contribution in [0.3, 0.4) is 0 Å². The molecular formula is C40H49B2NO6S. The molecule has 0 atom stereocenters. The monoisotopic (exact) mass is 693 g/mol. The topological polar surface area (TPSA) is 66.5 Å². The number of hydrogen-bond acceptors (Lipinski definition) is 8. The van der Waals surface area contributed by atoms with Crippen LogP contribution in [0.5, 0.6) is 5.75 Å². The van der Waals surface area contributed by atoms with Crippen LogP contribution in [-0.2, 0) is 18.6 Å². The number of benzene rings is 3. The molecule has 3 aliphatic heterocycles. The summed E-state index contributed by atoms with van der Waals surface area (Å²) in [4.78, 5) is 17.8. The van der Waals surface area contributed by atoms with E-state index in [1.165, 1.54) is 19.3 Å². The molecule has 3 saturated heterocycles. The standard InChI is InChI=1S/C40H49B2NO6S/c1-37(2)38(3,4)47-41(46-37)29-16-12-28(13-17-29)36-34(32-21-18-30(26-33(32)50-36)42-48-39(5,6)40(7,8)49-42)35(44)27-14-19-31(20-15-27)45-25-24-43-22-10-9-11-23-43/h12-21,26H,9-11,22-25H2,1-8H3. The number of likely N-dealkylation sites (tertiary alicyclic amines) is 1. The van der Waals surface area contributed by atoms with Gasteiger partial charge in [0.1, 0.15) is 12.4 Å². The Balaban J connectivity index is 1.19. The smallest absolute Gasteiger partial charge is 0.492 e. The van der Waals surface area contributed by atoms with Crippen molar-refractivity contribution >= 4 is 52.4 Å². The highest BCUT2D eigenvalue weighted by molar-refractivity contribution is 7.23. The molecule has 0 spiro atoms. The number of fused-ring (bicyclic) bond motifs is 1. The molecule has 3 aliphatic rings. The third-order valence-electron chi connectivity index (χ3n) is 11.4. The van der Waals surface area contributed by atoms with Gasteiger partial charge in [0.25, 0.3) is 0 Å². The summed E-state index contributed by atoms with van der Waals surface area (Å²) in [5.74, 6) is 0.754. The molecule has 50 heavy (non-hydrogen) atoms. The van der Waals surface area contributed by atoms with E-state index in [4.69, 9.17) is 23.4 Å². The number of thiophene rings is 1. The summed E-state index contributed by atoms with van der Waals surface area (Å²) in [5, 5.41) is 0.909. The molecule has 0 bridgehead atoms. The second-order valence-corrected chi connectivity index (χ2v) is 17.0. The predicted octanol–water partition coefficient (Wildman–Crippen LogP) is 7.26. The van der Waals surface area contributed by atoms with Gasteiger partial charge in [0.2, 0.25) is 0 Å². The molecule has 3 fully saturated rings. The van der Waals surface area contributed by atoms with Crippen molar-refractivity contribution in [1.29, 1.82) is 0 Å². The molecule has 0 radical (unpaired) electrons. The fourth-order valence-electron chi connectivity index (χ4n) is 6.76. The van der Waals surface area contributed by atoms with Gasteiger partial charge < -0.3 is 23.4 Å². The summed E-state index contributed by atoms with van der Waals surface area (Å²) in [5.41, 5.74) is 2.41. The zero-order valence-corrected chi connectivity index (χ0v) is 31.6. The third kappa shape index (κ3) is 6.71. The number of carbonyl (C=O) groups is 1. The predicted molar refractivity (Wildman–Crippen MR) is 204 cm³/mol. The number of ether oxygens (including phenoxy) is 1. The fraction of sp³-hybridized carbons (Fsp3) is 0.475. The second-order valence-electron chi connectivity index (χ2n) is 16.0. The Hall–Kier alpha value is -2.98. The van der Waals surface area contributed by atoms with Crippen LogP contribution in [0.2, 0.25) is 0 Å². The lowest BCUT2D eigenvalue weighted by Gasteiger charge is -2.32. The molecule has 0 saturated carbocycles. The van der Waals surface area contributed by atoms with Gasteiger partial charge >= 0.3 is 14.2 Å². The zero-order valence-electron chi connectivity index (χ0n) is 30.8. The number of ketones is 1. The van der Waals surface area contributed by atoms with Crippen molar-refractivity contribution in [3.05, 3.63) is 77.9 Å². The van der Waals surface area contributed by atoms with Gasteiger partial charge in [-0.15, -0.1) is 11.3 Å². The Bertz CT molecular complexity index is 1830. The van der Waals surface area contributed by atoms with E-state index in [2.05, 4.69) is 78.5 Å². The highest BCUT2D eigenvalue weighted by Gasteiger charge is 2.52. The number of rotatable bonds is 9. The Labute approximate surface area is 301 Å². The summed E-state index contributed by atoms with van der Waals surface area (Å²) in [7, 11) is -0.948. The van der Waals surface area contributed by atoms with E-state index in [0.717, 1.165) is 56.8 Å². The number of piperidine rings is 1.